The Morgan fingerprint density at radius 3 is 2.67 bits per heavy atom. The summed E-state index contributed by atoms with van der Waals surface area (Å²) in [5.41, 5.74) is 6.62. The lowest BCUT2D eigenvalue weighted by Gasteiger charge is -2.36. The van der Waals surface area contributed by atoms with E-state index >= 15 is 0 Å². The van der Waals surface area contributed by atoms with Crippen LogP contribution >= 0.6 is 0 Å². The summed E-state index contributed by atoms with van der Waals surface area (Å²) in [6.45, 7) is 6.23. The van der Waals surface area contributed by atoms with Gasteiger partial charge in [-0.25, -0.2) is 9.97 Å². The number of rotatable bonds is 3. The molecule has 2 atom stereocenters. The highest BCUT2D eigenvalue weighted by atomic mass is 16.2. The second kappa shape index (κ2) is 6.41. The molecule has 0 spiro atoms. The predicted octanol–water partition coefficient (Wildman–Crippen LogP) is 2.83. The zero-order valence-corrected chi connectivity index (χ0v) is 13.5. The Labute approximate surface area is 127 Å². The monoisotopic (exact) mass is 290 g/mol. The molecule has 1 aromatic heterocycles. The second-order valence-electron chi connectivity index (χ2n) is 6.43. The van der Waals surface area contributed by atoms with Crippen molar-refractivity contribution < 1.29 is 4.79 Å². The van der Waals surface area contributed by atoms with E-state index in [-0.39, 0.29) is 17.9 Å². The summed E-state index contributed by atoms with van der Waals surface area (Å²) in [5, 5.41) is 0. The molecule has 5 nitrogen and oxygen atoms in total. The van der Waals surface area contributed by atoms with Crippen LogP contribution in [0, 0.1) is 5.92 Å². The van der Waals surface area contributed by atoms with E-state index in [9.17, 15) is 4.79 Å². The first-order valence-electron chi connectivity index (χ1n) is 7.81. The molecule has 0 aromatic carbocycles. The first kappa shape index (κ1) is 15.7. The quantitative estimate of drug-likeness (QED) is 0.929. The standard InChI is InChI=1S/C16H26N4O/c1-10(2)15-18-9-12(17)14(19-15)16(21)20(4)13-8-6-5-7-11(13)3/h9-11,13H,5-8,17H2,1-4H3. The topological polar surface area (TPSA) is 72.1 Å². The predicted molar refractivity (Wildman–Crippen MR) is 84.0 cm³/mol. The van der Waals surface area contributed by atoms with Gasteiger partial charge in [0, 0.05) is 19.0 Å². The molecule has 2 unspecified atom stereocenters. The number of hydrogen-bond donors (Lipinski definition) is 1. The van der Waals surface area contributed by atoms with E-state index in [1.165, 1.54) is 19.3 Å². The van der Waals surface area contributed by atoms with E-state index in [1.54, 1.807) is 6.20 Å². The fourth-order valence-corrected chi connectivity index (χ4v) is 3.04. The van der Waals surface area contributed by atoms with Crippen molar-refractivity contribution in [1.29, 1.82) is 0 Å². The van der Waals surface area contributed by atoms with Crippen molar-refractivity contribution in [3.63, 3.8) is 0 Å². The third kappa shape index (κ3) is 3.34. The third-order valence-corrected chi connectivity index (χ3v) is 4.44. The second-order valence-corrected chi connectivity index (χ2v) is 6.43. The highest BCUT2D eigenvalue weighted by Gasteiger charge is 2.30. The number of carbonyl (C=O) groups excluding carboxylic acids is 1. The lowest BCUT2D eigenvalue weighted by molar-refractivity contribution is 0.0623. The lowest BCUT2D eigenvalue weighted by Crippen LogP contribution is -2.43. The van der Waals surface area contributed by atoms with Crippen molar-refractivity contribution in [3.8, 4) is 0 Å². The van der Waals surface area contributed by atoms with Gasteiger partial charge >= 0.3 is 0 Å². The largest absolute Gasteiger partial charge is 0.396 e. The molecule has 0 saturated heterocycles. The molecular formula is C16H26N4O. The number of nitrogens with zero attached hydrogens (tertiary/aromatic N) is 3. The van der Waals surface area contributed by atoms with Crippen LogP contribution in [0.5, 0.6) is 0 Å². The van der Waals surface area contributed by atoms with Crippen LogP contribution < -0.4 is 5.73 Å². The third-order valence-electron chi connectivity index (χ3n) is 4.44. The summed E-state index contributed by atoms with van der Waals surface area (Å²) in [4.78, 5) is 23.2. The molecule has 0 aliphatic heterocycles. The molecule has 2 rings (SSSR count). The van der Waals surface area contributed by atoms with Gasteiger partial charge in [-0.15, -0.1) is 0 Å². The molecule has 2 N–H and O–H groups in total. The van der Waals surface area contributed by atoms with Crippen molar-refractivity contribution in [2.45, 2.75) is 58.4 Å². The Kier molecular flexibility index (Phi) is 4.80. The molecule has 1 saturated carbocycles. The summed E-state index contributed by atoms with van der Waals surface area (Å²) in [5.74, 6) is 1.28. The van der Waals surface area contributed by atoms with E-state index in [1.807, 2.05) is 25.8 Å². The minimum Gasteiger partial charge on any atom is -0.396 e. The Balaban J connectivity index is 2.24. The molecule has 21 heavy (non-hydrogen) atoms. The van der Waals surface area contributed by atoms with Gasteiger partial charge in [0.25, 0.3) is 5.91 Å². The number of hydrogen-bond acceptors (Lipinski definition) is 4. The molecular weight excluding hydrogens is 264 g/mol. The van der Waals surface area contributed by atoms with Crippen molar-refractivity contribution in [2.24, 2.45) is 5.92 Å². The van der Waals surface area contributed by atoms with Crippen LogP contribution in [0.25, 0.3) is 0 Å². The number of anilines is 1. The van der Waals surface area contributed by atoms with E-state index < -0.39 is 0 Å². The van der Waals surface area contributed by atoms with Gasteiger partial charge in [-0.3, -0.25) is 4.79 Å². The van der Waals surface area contributed by atoms with Gasteiger partial charge in [-0.2, -0.15) is 0 Å². The molecule has 1 amide bonds. The number of amides is 1. The molecule has 116 valence electrons. The van der Waals surface area contributed by atoms with Crippen molar-refractivity contribution in [3.05, 3.63) is 17.7 Å². The lowest BCUT2D eigenvalue weighted by atomic mass is 9.85. The van der Waals surface area contributed by atoms with Gasteiger partial charge in [-0.1, -0.05) is 33.6 Å². The first-order valence-corrected chi connectivity index (χ1v) is 7.81. The van der Waals surface area contributed by atoms with Crippen LogP contribution in [0.15, 0.2) is 6.20 Å². The average Bonchev–Trinajstić information content (AvgIpc) is 2.46. The fraction of sp³-hybridized carbons (Fsp3) is 0.688. The van der Waals surface area contributed by atoms with E-state index in [4.69, 9.17) is 5.73 Å². The van der Waals surface area contributed by atoms with Crippen LogP contribution in [-0.4, -0.2) is 33.9 Å². The Morgan fingerprint density at radius 1 is 1.38 bits per heavy atom. The maximum Gasteiger partial charge on any atom is 0.274 e. The summed E-state index contributed by atoms with van der Waals surface area (Å²) >= 11 is 0. The molecule has 5 heteroatoms. The highest BCUT2D eigenvalue weighted by molar-refractivity contribution is 5.97. The van der Waals surface area contributed by atoms with Gasteiger partial charge in [0.1, 0.15) is 5.82 Å². The molecule has 0 radical (unpaired) electrons. The molecule has 0 bridgehead atoms. The van der Waals surface area contributed by atoms with Crippen LogP contribution in [0.1, 0.15) is 68.7 Å². The Morgan fingerprint density at radius 2 is 2.05 bits per heavy atom. The summed E-state index contributed by atoms with van der Waals surface area (Å²) in [6, 6.07) is 0.281. The minimum absolute atomic E-state index is 0.0875. The van der Waals surface area contributed by atoms with E-state index in [2.05, 4.69) is 16.9 Å². The molecule has 1 aliphatic rings. The van der Waals surface area contributed by atoms with E-state index in [0.717, 1.165) is 6.42 Å². The van der Waals surface area contributed by atoms with Crippen molar-refractivity contribution >= 4 is 11.6 Å². The first-order chi connectivity index (χ1) is 9.91. The molecule has 1 heterocycles. The van der Waals surface area contributed by atoms with Gasteiger partial charge in [-0.05, 0) is 18.8 Å². The number of nitrogen functional groups attached to an aromatic ring is 1. The van der Waals surface area contributed by atoms with Gasteiger partial charge in [0.15, 0.2) is 5.69 Å². The van der Waals surface area contributed by atoms with Crippen LogP contribution in [0.4, 0.5) is 5.69 Å². The summed E-state index contributed by atoms with van der Waals surface area (Å²) < 4.78 is 0. The molecule has 1 fully saturated rings. The fourth-order valence-electron chi connectivity index (χ4n) is 3.04. The van der Waals surface area contributed by atoms with E-state index in [0.29, 0.717) is 23.1 Å². The average molecular weight is 290 g/mol. The van der Waals surface area contributed by atoms with Crippen LogP contribution in [0.2, 0.25) is 0 Å². The zero-order chi connectivity index (χ0) is 15.6. The van der Waals surface area contributed by atoms with Crippen LogP contribution in [0.3, 0.4) is 0 Å². The van der Waals surface area contributed by atoms with Crippen molar-refractivity contribution in [2.75, 3.05) is 12.8 Å². The van der Waals surface area contributed by atoms with Gasteiger partial charge in [0.05, 0.1) is 11.9 Å². The zero-order valence-electron chi connectivity index (χ0n) is 13.5. The molecule has 1 aromatic rings. The smallest absolute Gasteiger partial charge is 0.274 e. The maximum atomic E-state index is 12.7. The number of carbonyl (C=O) groups is 1. The summed E-state index contributed by atoms with van der Waals surface area (Å²) in [7, 11) is 1.87. The Bertz CT molecular complexity index is 515. The number of aromatic nitrogens is 2. The SMILES string of the molecule is CC(C)c1ncc(N)c(C(=O)N(C)C2CCCCC2C)n1. The highest BCUT2D eigenvalue weighted by Crippen LogP contribution is 2.28. The summed E-state index contributed by atoms with van der Waals surface area (Å²) in [6.07, 6.45) is 6.23. The van der Waals surface area contributed by atoms with Gasteiger partial charge < -0.3 is 10.6 Å². The van der Waals surface area contributed by atoms with Crippen LogP contribution in [-0.2, 0) is 0 Å². The van der Waals surface area contributed by atoms with Gasteiger partial charge in [0.2, 0.25) is 0 Å². The minimum atomic E-state index is -0.0875. The molecule has 1 aliphatic carbocycles. The number of nitrogens with two attached hydrogens (primary N) is 1. The normalized spacial score (nSPS) is 22.3. The Hall–Kier alpha value is -1.65. The van der Waals surface area contributed by atoms with Crippen molar-refractivity contribution in [1.82, 2.24) is 14.9 Å². The maximum absolute atomic E-state index is 12.7.